The molecular weight excluding hydrogens is 346 g/mol. The molecule has 146 valence electrons. The highest BCUT2D eigenvalue weighted by atomic mass is 16.5. The van der Waals surface area contributed by atoms with Crippen molar-refractivity contribution < 1.29 is 14.3 Å². The molecule has 1 heterocycles. The number of fused-ring (bicyclic) bond motifs is 1. The minimum absolute atomic E-state index is 0.0364. The van der Waals surface area contributed by atoms with Gasteiger partial charge in [0.1, 0.15) is 0 Å². The van der Waals surface area contributed by atoms with Crippen LogP contribution >= 0.6 is 0 Å². The molecule has 2 aromatic rings. The highest BCUT2D eigenvalue weighted by Gasteiger charge is 2.23. The molecule has 1 aromatic carbocycles. The van der Waals surface area contributed by atoms with Crippen LogP contribution in [0.25, 0.3) is 10.8 Å². The van der Waals surface area contributed by atoms with Gasteiger partial charge in [0.15, 0.2) is 11.8 Å². The van der Waals surface area contributed by atoms with Crippen molar-refractivity contribution in [1.29, 1.82) is 0 Å². The summed E-state index contributed by atoms with van der Waals surface area (Å²) in [5.41, 5.74) is -0.215. The van der Waals surface area contributed by atoms with E-state index in [0.717, 1.165) is 0 Å². The van der Waals surface area contributed by atoms with Crippen LogP contribution in [-0.2, 0) is 16.1 Å². The molecule has 0 saturated carbocycles. The first-order valence-electron chi connectivity index (χ1n) is 9.19. The quantitative estimate of drug-likeness (QED) is 0.753. The number of benzene rings is 1. The van der Waals surface area contributed by atoms with E-state index in [-0.39, 0.29) is 23.1 Å². The molecule has 0 unspecified atom stereocenters. The van der Waals surface area contributed by atoms with Crippen LogP contribution < -0.4 is 10.9 Å². The smallest absolute Gasteiger partial charge is 0.360 e. The summed E-state index contributed by atoms with van der Waals surface area (Å²) in [6, 6.07) is 6.78. The van der Waals surface area contributed by atoms with Crippen LogP contribution in [-0.4, -0.2) is 34.3 Å². The summed E-state index contributed by atoms with van der Waals surface area (Å²) in [5, 5.41) is 7.77. The van der Waals surface area contributed by atoms with Crippen molar-refractivity contribution in [3.63, 3.8) is 0 Å². The van der Waals surface area contributed by atoms with E-state index < -0.39 is 12.1 Å². The molecule has 1 N–H and O–H groups in total. The Kier molecular flexibility index (Phi) is 6.71. The van der Waals surface area contributed by atoms with E-state index >= 15 is 0 Å². The zero-order chi connectivity index (χ0) is 20.1. The molecule has 1 aromatic heterocycles. The Bertz CT molecular complexity index is 886. The van der Waals surface area contributed by atoms with Crippen molar-refractivity contribution in [2.24, 2.45) is 11.8 Å². The van der Waals surface area contributed by atoms with Gasteiger partial charge in [0.25, 0.3) is 11.5 Å². The predicted octanol–water partition coefficient (Wildman–Crippen LogP) is 2.37. The minimum atomic E-state index is -0.956. The first-order valence-corrected chi connectivity index (χ1v) is 9.19. The lowest BCUT2D eigenvalue weighted by Crippen LogP contribution is -2.38. The number of amides is 1. The van der Waals surface area contributed by atoms with Gasteiger partial charge >= 0.3 is 5.97 Å². The SMILES string of the molecule is CC(C)CNC(=O)[C@H](C)OC(=O)c1nn(CC(C)C)c(=O)c2ccccc12. The number of nitrogens with one attached hydrogen (secondary N) is 1. The van der Waals surface area contributed by atoms with E-state index in [1.807, 2.05) is 27.7 Å². The topological polar surface area (TPSA) is 90.3 Å². The van der Waals surface area contributed by atoms with Gasteiger partial charge in [-0.2, -0.15) is 5.10 Å². The van der Waals surface area contributed by atoms with Crippen molar-refractivity contribution in [1.82, 2.24) is 15.1 Å². The van der Waals surface area contributed by atoms with E-state index in [0.29, 0.717) is 29.8 Å². The molecule has 7 heteroatoms. The minimum Gasteiger partial charge on any atom is -0.448 e. The van der Waals surface area contributed by atoms with Crippen LogP contribution in [0, 0.1) is 11.8 Å². The van der Waals surface area contributed by atoms with Crippen molar-refractivity contribution in [3.8, 4) is 0 Å². The third-order valence-electron chi connectivity index (χ3n) is 3.94. The molecule has 0 aliphatic rings. The second kappa shape index (κ2) is 8.79. The van der Waals surface area contributed by atoms with Gasteiger partial charge in [-0.3, -0.25) is 9.59 Å². The molecule has 7 nitrogen and oxygen atoms in total. The van der Waals surface area contributed by atoms with Crippen LogP contribution in [0.2, 0.25) is 0 Å². The van der Waals surface area contributed by atoms with Gasteiger partial charge in [-0.05, 0) is 24.8 Å². The molecule has 2 rings (SSSR count). The van der Waals surface area contributed by atoms with E-state index in [2.05, 4.69) is 10.4 Å². The lowest BCUT2D eigenvalue weighted by Gasteiger charge is -2.16. The fourth-order valence-corrected chi connectivity index (χ4v) is 2.57. The number of esters is 1. The normalized spacial score (nSPS) is 12.4. The largest absolute Gasteiger partial charge is 0.448 e. The molecule has 1 amide bonds. The van der Waals surface area contributed by atoms with Crippen molar-refractivity contribution in [2.45, 2.75) is 47.3 Å². The predicted molar refractivity (Wildman–Crippen MR) is 104 cm³/mol. The summed E-state index contributed by atoms with van der Waals surface area (Å²) in [6.45, 7) is 10.3. The van der Waals surface area contributed by atoms with Gasteiger partial charge in [-0.1, -0.05) is 45.9 Å². The lowest BCUT2D eigenvalue weighted by molar-refractivity contribution is -0.129. The fraction of sp³-hybridized carbons (Fsp3) is 0.500. The summed E-state index contributed by atoms with van der Waals surface area (Å²) in [5.74, 6) is -0.615. The maximum atomic E-state index is 12.7. The zero-order valence-electron chi connectivity index (χ0n) is 16.5. The van der Waals surface area contributed by atoms with Crippen LogP contribution in [0.3, 0.4) is 0 Å². The molecule has 1 atom stereocenters. The number of rotatable bonds is 7. The number of carbonyl (C=O) groups is 2. The monoisotopic (exact) mass is 373 g/mol. The summed E-state index contributed by atoms with van der Waals surface area (Å²) in [7, 11) is 0. The zero-order valence-corrected chi connectivity index (χ0v) is 16.5. The summed E-state index contributed by atoms with van der Waals surface area (Å²) in [4.78, 5) is 37.4. The number of carbonyl (C=O) groups excluding carboxylic acids is 2. The average molecular weight is 373 g/mol. The molecule has 0 spiro atoms. The van der Waals surface area contributed by atoms with E-state index in [4.69, 9.17) is 4.74 Å². The highest BCUT2D eigenvalue weighted by molar-refractivity contribution is 6.02. The van der Waals surface area contributed by atoms with E-state index in [1.54, 1.807) is 24.3 Å². The molecular formula is C20H27N3O4. The Balaban J connectivity index is 2.33. The molecule has 0 radical (unpaired) electrons. The maximum Gasteiger partial charge on any atom is 0.360 e. The third kappa shape index (κ3) is 5.15. The number of hydrogen-bond acceptors (Lipinski definition) is 5. The molecule has 0 fully saturated rings. The summed E-state index contributed by atoms with van der Waals surface area (Å²) >= 11 is 0. The van der Waals surface area contributed by atoms with Gasteiger partial charge in [0, 0.05) is 18.5 Å². The van der Waals surface area contributed by atoms with Crippen molar-refractivity contribution in [3.05, 3.63) is 40.3 Å². The Morgan fingerprint density at radius 3 is 2.30 bits per heavy atom. The molecule has 0 saturated heterocycles. The Labute approximate surface area is 158 Å². The Morgan fingerprint density at radius 1 is 1.07 bits per heavy atom. The summed E-state index contributed by atoms with van der Waals surface area (Å²) < 4.78 is 6.59. The fourth-order valence-electron chi connectivity index (χ4n) is 2.57. The second-order valence-electron chi connectivity index (χ2n) is 7.46. The summed E-state index contributed by atoms with van der Waals surface area (Å²) in [6.07, 6.45) is -0.956. The first kappa shape index (κ1) is 20.6. The van der Waals surface area contributed by atoms with E-state index in [9.17, 15) is 14.4 Å². The van der Waals surface area contributed by atoms with Crippen molar-refractivity contribution >= 4 is 22.6 Å². The van der Waals surface area contributed by atoms with Gasteiger partial charge in [0.2, 0.25) is 0 Å². The number of ether oxygens (including phenoxy) is 1. The average Bonchev–Trinajstić information content (AvgIpc) is 2.61. The molecule has 27 heavy (non-hydrogen) atoms. The number of nitrogens with zero attached hydrogens (tertiary/aromatic N) is 2. The molecule has 0 aliphatic carbocycles. The van der Waals surface area contributed by atoms with Gasteiger partial charge < -0.3 is 10.1 Å². The van der Waals surface area contributed by atoms with Gasteiger partial charge in [-0.25, -0.2) is 9.48 Å². The number of aromatic nitrogens is 2. The molecule has 0 bridgehead atoms. The Hall–Kier alpha value is -2.70. The first-order chi connectivity index (χ1) is 12.7. The highest BCUT2D eigenvalue weighted by Crippen LogP contribution is 2.15. The van der Waals surface area contributed by atoms with Crippen LogP contribution in [0.15, 0.2) is 29.1 Å². The van der Waals surface area contributed by atoms with Crippen LogP contribution in [0.4, 0.5) is 0 Å². The standard InChI is InChI=1S/C20H27N3O4/c1-12(2)10-21-18(24)14(5)27-20(26)17-15-8-6-7-9-16(15)19(25)23(22-17)11-13(3)4/h6-9,12-14H,10-11H2,1-5H3,(H,21,24)/t14-/m0/s1. The second-order valence-corrected chi connectivity index (χ2v) is 7.46. The Morgan fingerprint density at radius 2 is 1.70 bits per heavy atom. The van der Waals surface area contributed by atoms with Crippen LogP contribution in [0.1, 0.15) is 45.1 Å². The number of hydrogen-bond donors (Lipinski definition) is 1. The van der Waals surface area contributed by atoms with Gasteiger partial charge in [-0.15, -0.1) is 0 Å². The lowest BCUT2D eigenvalue weighted by atomic mass is 10.1. The van der Waals surface area contributed by atoms with Crippen molar-refractivity contribution in [2.75, 3.05) is 6.54 Å². The van der Waals surface area contributed by atoms with Crippen LogP contribution in [0.5, 0.6) is 0 Å². The third-order valence-corrected chi connectivity index (χ3v) is 3.94. The van der Waals surface area contributed by atoms with E-state index in [1.165, 1.54) is 11.6 Å². The maximum absolute atomic E-state index is 12.7. The van der Waals surface area contributed by atoms with Gasteiger partial charge in [0.05, 0.1) is 5.39 Å². The molecule has 0 aliphatic heterocycles.